The summed E-state index contributed by atoms with van der Waals surface area (Å²) in [6.07, 6.45) is 1.18. The Kier molecular flexibility index (Phi) is 4.77. The lowest BCUT2D eigenvalue weighted by Gasteiger charge is -2.13. The van der Waals surface area contributed by atoms with Crippen molar-refractivity contribution in [3.63, 3.8) is 0 Å². The average molecular weight is 307 g/mol. The van der Waals surface area contributed by atoms with Crippen LogP contribution in [0.3, 0.4) is 0 Å². The Labute approximate surface area is 136 Å². The molecule has 1 unspecified atom stereocenters. The minimum Gasteiger partial charge on any atom is -0.491 e. The van der Waals surface area contributed by atoms with E-state index in [0.29, 0.717) is 6.61 Å². The van der Waals surface area contributed by atoms with Crippen molar-refractivity contribution in [3.8, 4) is 11.5 Å². The van der Waals surface area contributed by atoms with Crippen LogP contribution in [0.25, 0.3) is 10.9 Å². The zero-order chi connectivity index (χ0) is 16.1. The van der Waals surface area contributed by atoms with E-state index < -0.39 is 0 Å². The summed E-state index contributed by atoms with van der Waals surface area (Å²) in [6, 6.07) is 19.9. The van der Waals surface area contributed by atoms with Crippen molar-refractivity contribution in [2.75, 3.05) is 0 Å². The van der Waals surface area contributed by atoms with Gasteiger partial charge in [0.2, 0.25) is 0 Å². The van der Waals surface area contributed by atoms with Crippen LogP contribution in [0, 0.1) is 0 Å². The number of rotatable bonds is 6. The number of ether oxygens (including phenoxy) is 2. The van der Waals surface area contributed by atoms with Crippen LogP contribution in [0.15, 0.2) is 60.7 Å². The van der Waals surface area contributed by atoms with E-state index in [0.717, 1.165) is 34.5 Å². The first kappa shape index (κ1) is 15.3. The average Bonchev–Trinajstić information content (AvgIpc) is 2.60. The Morgan fingerprint density at radius 1 is 0.957 bits per heavy atom. The number of nitrogens with zero attached hydrogens (tertiary/aromatic N) is 1. The van der Waals surface area contributed by atoms with Crippen LogP contribution in [0.5, 0.6) is 11.5 Å². The van der Waals surface area contributed by atoms with Gasteiger partial charge in [-0.25, -0.2) is 4.98 Å². The second kappa shape index (κ2) is 7.14. The highest BCUT2D eigenvalue weighted by molar-refractivity contribution is 5.78. The fourth-order valence-corrected chi connectivity index (χ4v) is 2.30. The Morgan fingerprint density at radius 2 is 1.78 bits per heavy atom. The topological polar surface area (TPSA) is 31.4 Å². The largest absolute Gasteiger partial charge is 0.491 e. The molecule has 1 atom stereocenters. The summed E-state index contributed by atoms with van der Waals surface area (Å²) in [7, 11) is 0. The molecule has 3 nitrogen and oxygen atoms in total. The molecule has 23 heavy (non-hydrogen) atoms. The number of pyridine rings is 1. The number of fused-ring (bicyclic) bond motifs is 1. The predicted molar refractivity (Wildman–Crippen MR) is 92.9 cm³/mol. The standard InChI is InChI=1S/C20H21NO2/c1-3-15(2)23-19-9-6-8-18(13-19)22-14-17-12-11-16-7-4-5-10-20(16)21-17/h4-13,15H,3,14H2,1-2H3. The van der Waals surface area contributed by atoms with Crippen LogP contribution in [0.1, 0.15) is 26.0 Å². The summed E-state index contributed by atoms with van der Waals surface area (Å²) < 4.78 is 11.7. The van der Waals surface area contributed by atoms with Gasteiger partial charge in [-0.3, -0.25) is 0 Å². The van der Waals surface area contributed by atoms with Crippen LogP contribution in [0.4, 0.5) is 0 Å². The Hall–Kier alpha value is -2.55. The molecule has 3 rings (SSSR count). The monoisotopic (exact) mass is 307 g/mol. The quantitative estimate of drug-likeness (QED) is 0.643. The van der Waals surface area contributed by atoms with Gasteiger partial charge in [-0.2, -0.15) is 0 Å². The molecule has 0 saturated heterocycles. The second-order valence-corrected chi connectivity index (χ2v) is 5.60. The fraction of sp³-hybridized carbons (Fsp3) is 0.250. The van der Waals surface area contributed by atoms with Gasteiger partial charge in [-0.05, 0) is 37.6 Å². The van der Waals surface area contributed by atoms with Crippen LogP contribution < -0.4 is 9.47 Å². The van der Waals surface area contributed by atoms with Crippen LogP contribution in [-0.4, -0.2) is 11.1 Å². The minimum atomic E-state index is 0.201. The molecule has 1 heterocycles. The van der Waals surface area contributed by atoms with E-state index in [1.165, 1.54) is 0 Å². The third kappa shape index (κ3) is 4.01. The van der Waals surface area contributed by atoms with Crippen molar-refractivity contribution >= 4 is 10.9 Å². The molecule has 118 valence electrons. The molecule has 0 spiro atoms. The molecule has 1 aromatic heterocycles. The maximum Gasteiger partial charge on any atom is 0.130 e. The smallest absolute Gasteiger partial charge is 0.130 e. The number of benzene rings is 2. The van der Waals surface area contributed by atoms with Crippen molar-refractivity contribution in [2.24, 2.45) is 0 Å². The molecule has 3 heteroatoms. The van der Waals surface area contributed by atoms with E-state index in [1.54, 1.807) is 0 Å². The van der Waals surface area contributed by atoms with Crippen molar-refractivity contribution in [2.45, 2.75) is 33.0 Å². The third-order valence-electron chi connectivity index (χ3n) is 3.76. The zero-order valence-electron chi connectivity index (χ0n) is 13.5. The lowest BCUT2D eigenvalue weighted by atomic mass is 10.2. The molecular weight excluding hydrogens is 286 g/mol. The highest BCUT2D eigenvalue weighted by atomic mass is 16.5. The van der Waals surface area contributed by atoms with Gasteiger partial charge in [0.05, 0.1) is 17.3 Å². The van der Waals surface area contributed by atoms with E-state index >= 15 is 0 Å². The molecule has 0 radical (unpaired) electrons. The predicted octanol–water partition coefficient (Wildman–Crippen LogP) is 4.99. The molecule has 0 aliphatic heterocycles. The normalized spacial score (nSPS) is 12.1. The van der Waals surface area contributed by atoms with Crippen LogP contribution in [-0.2, 0) is 6.61 Å². The summed E-state index contributed by atoms with van der Waals surface area (Å²) in [5, 5.41) is 1.14. The number of para-hydroxylation sites is 1. The van der Waals surface area contributed by atoms with E-state index in [1.807, 2.05) is 48.5 Å². The van der Waals surface area contributed by atoms with Gasteiger partial charge in [0.25, 0.3) is 0 Å². The van der Waals surface area contributed by atoms with Crippen LogP contribution in [0.2, 0.25) is 0 Å². The van der Waals surface area contributed by atoms with Crippen LogP contribution >= 0.6 is 0 Å². The molecule has 0 aliphatic rings. The van der Waals surface area contributed by atoms with E-state index in [9.17, 15) is 0 Å². The summed E-state index contributed by atoms with van der Waals surface area (Å²) in [5.41, 5.74) is 1.90. The van der Waals surface area contributed by atoms with Gasteiger partial charge >= 0.3 is 0 Å². The summed E-state index contributed by atoms with van der Waals surface area (Å²) >= 11 is 0. The van der Waals surface area contributed by atoms with Crippen molar-refractivity contribution in [1.29, 1.82) is 0 Å². The lowest BCUT2D eigenvalue weighted by molar-refractivity contribution is 0.215. The maximum atomic E-state index is 5.85. The van der Waals surface area contributed by atoms with Gasteiger partial charge in [0.15, 0.2) is 0 Å². The first-order valence-corrected chi connectivity index (χ1v) is 7.99. The molecule has 0 fully saturated rings. The fourth-order valence-electron chi connectivity index (χ4n) is 2.30. The number of hydrogen-bond donors (Lipinski definition) is 0. The zero-order valence-corrected chi connectivity index (χ0v) is 13.5. The van der Waals surface area contributed by atoms with Crippen molar-refractivity contribution in [1.82, 2.24) is 4.98 Å². The highest BCUT2D eigenvalue weighted by Crippen LogP contribution is 2.22. The number of hydrogen-bond acceptors (Lipinski definition) is 3. The second-order valence-electron chi connectivity index (χ2n) is 5.60. The molecule has 0 amide bonds. The summed E-state index contributed by atoms with van der Waals surface area (Å²) in [4.78, 5) is 4.62. The maximum absolute atomic E-state index is 5.85. The Bertz CT molecular complexity index is 785. The third-order valence-corrected chi connectivity index (χ3v) is 3.76. The molecule has 3 aromatic rings. The molecule has 0 bridgehead atoms. The van der Waals surface area contributed by atoms with Gasteiger partial charge in [0, 0.05) is 11.5 Å². The van der Waals surface area contributed by atoms with E-state index in [4.69, 9.17) is 9.47 Å². The first-order chi connectivity index (χ1) is 11.2. The molecule has 0 aliphatic carbocycles. The summed E-state index contributed by atoms with van der Waals surface area (Å²) in [5.74, 6) is 1.63. The van der Waals surface area contributed by atoms with Crippen molar-refractivity contribution in [3.05, 3.63) is 66.4 Å². The molecule has 2 aromatic carbocycles. The molecule has 0 N–H and O–H groups in total. The first-order valence-electron chi connectivity index (χ1n) is 7.99. The summed E-state index contributed by atoms with van der Waals surface area (Å²) in [6.45, 7) is 4.61. The minimum absolute atomic E-state index is 0.201. The molecule has 0 saturated carbocycles. The number of aromatic nitrogens is 1. The Morgan fingerprint density at radius 3 is 2.65 bits per heavy atom. The molecular formula is C20H21NO2. The Balaban J connectivity index is 1.68. The van der Waals surface area contributed by atoms with Crippen molar-refractivity contribution < 1.29 is 9.47 Å². The van der Waals surface area contributed by atoms with E-state index in [2.05, 4.69) is 31.0 Å². The van der Waals surface area contributed by atoms with Gasteiger partial charge in [-0.1, -0.05) is 37.3 Å². The lowest BCUT2D eigenvalue weighted by Crippen LogP contribution is -2.09. The van der Waals surface area contributed by atoms with Gasteiger partial charge in [0.1, 0.15) is 18.1 Å². The van der Waals surface area contributed by atoms with E-state index in [-0.39, 0.29) is 6.10 Å². The highest BCUT2D eigenvalue weighted by Gasteiger charge is 2.04. The van der Waals surface area contributed by atoms with Gasteiger partial charge in [-0.15, -0.1) is 0 Å². The SMILES string of the molecule is CCC(C)Oc1cccc(OCc2ccc3ccccc3n2)c1. The van der Waals surface area contributed by atoms with Gasteiger partial charge < -0.3 is 9.47 Å².